The van der Waals surface area contributed by atoms with Gasteiger partial charge in [-0.1, -0.05) is 6.92 Å². The quantitative estimate of drug-likeness (QED) is 0.836. The van der Waals surface area contributed by atoms with Gasteiger partial charge < -0.3 is 10.4 Å². The second-order valence-corrected chi connectivity index (χ2v) is 5.71. The van der Waals surface area contributed by atoms with E-state index in [0.717, 1.165) is 0 Å². The number of carbonyl (C=O) groups is 2. The van der Waals surface area contributed by atoms with Crippen LogP contribution in [0, 0.1) is 17.8 Å². The van der Waals surface area contributed by atoms with Crippen LogP contribution in [-0.2, 0) is 9.59 Å². The number of rotatable bonds is 3. The van der Waals surface area contributed by atoms with Crippen molar-refractivity contribution in [2.75, 3.05) is 5.32 Å². The summed E-state index contributed by atoms with van der Waals surface area (Å²) in [5, 5.41) is 11.9. The Morgan fingerprint density at radius 1 is 1.42 bits per heavy atom. The van der Waals surface area contributed by atoms with Gasteiger partial charge in [0.05, 0.1) is 17.5 Å². The van der Waals surface area contributed by atoms with Gasteiger partial charge in [-0.05, 0) is 46.8 Å². The number of carbonyl (C=O) groups excluding carboxylic acids is 1. The molecule has 102 valence electrons. The largest absolute Gasteiger partial charge is 0.481 e. The second-order valence-electron chi connectivity index (χ2n) is 4.96. The molecule has 3 atom stereocenters. The zero-order valence-electron chi connectivity index (χ0n) is 10.5. The van der Waals surface area contributed by atoms with E-state index < -0.39 is 17.8 Å². The van der Waals surface area contributed by atoms with E-state index in [9.17, 15) is 9.59 Å². The van der Waals surface area contributed by atoms with Crippen molar-refractivity contribution in [2.24, 2.45) is 17.8 Å². The Morgan fingerprint density at radius 3 is 2.74 bits per heavy atom. The Hall–Kier alpha value is -1.43. The average Bonchev–Trinajstić information content (AvgIpc) is 2.74. The van der Waals surface area contributed by atoms with E-state index in [0.29, 0.717) is 23.1 Å². The molecule has 0 saturated heterocycles. The van der Waals surface area contributed by atoms with Gasteiger partial charge in [0.2, 0.25) is 5.91 Å². The third kappa shape index (κ3) is 3.12. The van der Waals surface area contributed by atoms with Crippen LogP contribution in [0.15, 0.2) is 22.9 Å². The maximum absolute atomic E-state index is 12.2. The number of amides is 1. The van der Waals surface area contributed by atoms with Crippen LogP contribution >= 0.6 is 15.9 Å². The Morgan fingerprint density at radius 2 is 2.11 bits per heavy atom. The summed E-state index contributed by atoms with van der Waals surface area (Å²) >= 11 is 3.25. The monoisotopic (exact) mass is 326 g/mol. The standard InChI is InChI=1S/C13H15BrN2O3/c1-7-5-8(9(6-7)13(18)19)12(17)16-10-3-2-4-15-11(10)14/h2-4,7-9H,5-6H2,1H3,(H,16,17)(H,18,19). The van der Waals surface area contributed by atoms with Crippen molar-refractivity contribution in [1.29, 1.82) is 0 Å². The fraction of sp³-hybridized carbons (Fsp3) is 0.462. The van der Waals surface area contributed by atoms with Gasteiger partial charge in [-0.3, -0.25) is 9.59 Å². The maximum atomic E-state index is 12.2. The number of halogens is 1. The molecule has 0 aromatic carbocycles. The number of hydrogen-bond donors (Lipinski definition) is 2. The molecule has 0 aliphatic heterocycles. The normalized spacial score (nSPS) is 26.1. The highest BCUT2D eigenvalue weighted by Crippen LogP contribution is 2.37. The van der Waals surface area contributed by atoms with Gasteiger partial charge in [-0.15, -0.1) is 0 Å². The number of aromatic nitrogens is 1. The molecule has 1 aliphatic rings. The minimum Gasteiger partial charge on any atom is -0.481 e. The number of carboxylic acid groups (broad SMARTS) is 1. The molecular weight excluding hydrogens is 312 g/mol. The van der Waals surface area contributed by atoms with E-state index >= 15 is 0 Å². The molecule has 0 bridgehead atoms. The Balaban J connectivity index is 2.11. The average molecular weight is 327 g/mol. The molecule has 1 aromatic heterocycles. The van der Waals surface area contributed by atoms with Gasteiger partial charge in [-0.25, -0.2) is 4.98 Å². The van der Waals surface area contributed by atoms with Crippen molar-refractivity contribution in [1.82, 2.24) is 4.98 Å². The molecule has 1 aliphatic carbocycles. The van der Waals surface area contributed by atoms with Crippen LogP contribution in [0.4, 0.5) is 5.69 Å². The van der Waals surface area contributed by atoms with Crippen LogP contribution in [0.2, 0.25) is 0 Å². The smallest absolute Gasteiger partial charge is 0.307 e. The first kappa shape index (κ1) is 14.0. The Bertz CT molecular complexity index is 506. The summed E-state index contributed by atoms with van der Waals surface area (Å²) < 4.78 is 0.543. The molecule has 3 unspecified atom stereocenters. The molecule has 1 fully saturated rings. The van der Waals surface area contributed by atoms with E-state index in [2.05, 4.69) is 26.2 Å². The van der Waals surface area contributed by atoms with Gasteiger partial charge in [0.15, 0.2) is 0 Å². The molecule has 6 heteroatoms. The zero-order chi connectivity index (χ0) is 14.0. The van der Waals surface area contributed by atoms with Gasteiger partial charge in [0.1, 0.15) is 4.60 Å². The van der Waals surface area contributed by atoms with Gasteiger partial charge in [0, 0.05) is 6.20 Å². The third-order valence-electron chi connectivity index (χ3n) is 3.47. The summed E-state index contributed by atoms with van der Waals surface area (Å²) in [5.41, 5.74) is 0.566. The predicted octanol–water partition coefficient (Wildman–Crippen LogP) is 2.53. The van der Waals surface area contributed by atoms with Crippen LogP contribution in [0.1, 0.15) is 19.8 Å². The van der Waals surface area contributed by atoms with Crippen molar-refractivity contribution in [2.45, 2.75) is 19.8 Å². The zero-order valence-corrected chi connectivity index (χ0v) is 12.1. The molecule has 1 aromatic rings. The van der Waals surface area contributed by atoms with Crippen molar-refractivity contribution in [3.8, 4) is 0 Å². The number of hydrogen-bond acceptors (Lipinski definition) is 3. The van der Waals surface area contributed by atoms with Gasteiger partial charge in [0.25, 0.3) is 0 Å². The molecule has 0 radical (unpaired) electrons. The molecule has 2 rings (SSSR count). The van der Waals surface area contributed by atoms with E-state index in [4.69, 9.17) is 5.11 Å². The first-order valence-electron chi connectivity index (χ1n) is 6.13. The van der Waals surface area contributed by atoms with Crippen molar-refractivity contribution in [3.63, 3.8) is 0 Å². The lowest BCUT2D eigenvalue weighted by Gasteiger charge is -2.15. The second kappa shape index (κ2) is 5.69. The van der Waals surface area contributed by atoms with Crippen molar-refractivity contribution in [3.05, 3.63) is 22.9 Å². The molecule has 5 nitrogen and oxygen atoms in total. The summed E-state index contributed by atoms with van der Waals surface area (Å²) in [4.78, 5) is 27.4. The molecule has 1 saturated carbocycles. The number of aliphatic carboxylic acids is 1. The number of pyridine rings is 1. The number of carboxylic acids is 1. The van der Waals surface area contributed by atoms with Crippen LogP contribution in [0.3, 0.4) is 0 Å². The van der Waals surface area contributed by atoms with Crippen LogP contribution in [0.25, 0.3) is 0 Å². The minimum atomic E-state index is -0.894. The molecular formula is C13H15BrN2O3. The minimum absolute atomic E-state index is 0.245. The van der Waals surface area contributed by atoms with E-state index in [-0.39, 0.29) is 11.8 Å². The summed E-state index contributed by atoms with van der Waals surface area (Å²) in [7, 11) is 0. The van der Waals surface area contributed by atoms with Crippen molar-refractivity contribution < 1.29 is 14.7 Å². The summed E-state index contributed by atoms with van der Waals surface area (Å²) in [6, 6.07) is 3.44. The van der Waals surface area contributed by atoms with Crippen LogP contribution < -0.4 is 5.32 Å². The molecule has 1 heterocycles. The number of anilines is 1. The predicted molar refractivity (Wildman–Crippen MR) is 73.6 cm³/mol. The summed E-state index contributed by atoms with van der Waals surface area (Å²) in [5.74, 6) is -1.94. The lowest BCUT2D eigenvalue weighted by atomic mass is 9.95. The van der Waals surface area contributed by atoms with E-state index in [1.54, 1.807) is 18.3 Å². The Kier molecular flexibility index (Phi) is 4.19. The lowest BCUT2D eigenvalue weighted by molar-refractivity contribution is -0.145. The fourth-order valence-corrected chi connectivity index (χ4v) is 2.91. The molecule has 2 N–H and O–H groups in total. The highest BCUT2D eigenvalue weighted by atomic mass is 79.9. The van der Waals surface area contributed by atoms with Crippen LogP contribution in [0.5, 0.6) is 0 Å². The van der Waals surface area contributed by atoms with Crippen LogP contribution in [-0.4, -0.2) is 22.0 Å². The van der Waals surface area contributed by atoms with E-state index in [1.807, 2.05) is 6.92 Å². The summed E-state index contributed by atoms with van der Waals surface area (Å²) in [6.07, 6.45) is 2.78. The number of nitrogens with one attached hydrogen (secondary N) is 1. The highest BCUT2D eigenvalue weighted by molar-refractivity contribution is 9.10. The molecule has 19 heavy (non-hydrogen) atoms. The number of nitrogens with zero attached hydrogens (tertiary/aromatic N) is 1. The topological polar surface area (TPSA) is 79.3 Å². The molecule has 1 amide bonds. The maximum Gasteiger partial charge on any atom is 0.307 e. The third-order valence-corrected chi connectivity index (χ3v) is 4.10. The fourth-order valence-electron chi connectivity index (χ4n) is 2.56. The molecule has 0 spiro atoms. The lowest BCUT2D eigenvalue weighted by Crippen LogP contribution is -2.30. The first-order chi connectivity index (χ1) is 8.99. The van der Waals surface area contributed by atoms with Crippen molar-refractivity contribution >= 4 is 33.5 Å². The van der Waals surface area contributed by atoms with Gasteiger partial charge >= 0.3 is 5.97 Å². The summed E-state index contributed by atoms with van der Waals surface area (Å²) in [6.45, 7) is 1.98. The SMILES string of the molecule is CC1CC(C(=O)O)C(C(=O)Nc2cccnc2Br)C1. The highest BCUT2D eigenvalue weighted by Gasteiger charge is 2.41. The Labute approximate surface area is 119 Å². The van der Waals surface area contributed by atoms with Gasteiger partial charge in [-0.2, -0.15) is 0 Å². The van der Waals surface area contributed by atoms with E-state index in [1.165, 1.54) is 0 Å². The first-order valence-corrected chi connectivity index (χ1v) is 6.92.